The van der Waals surface area contributed by atoms with Crippen LogP contribution in [0.4, 0.5) is 0 Å². The minimum absolute atomic E-state index is 0.197. The highest BCUT2D eigenvalue weighted by Crippen LogP contribution is 2.36. The highest BCUT2D eigenvalue weighted by molar-refractivity contribution is 6.12. The summed E-state index contributed by atoms with van der Waals surface area (Å²) >= 11 is 0. The maximum Gasteiger partial charge on any atom is 0.343 e. The second-order valence-corrected chi connectivity index (χ2v) is 7.66. The molecule has 33 heavy (non-hydrogen) atoms. The van der Waals surface area contributed by atoms with Crippen LogP contribution in [0.5, 0.6) is 23.0 Å². The second-order valence-electron chi connectivity index (χ2n) is 7.66. The number of carbonyl (C=O) groups is 2. The van der Waals surface area contributed by atoms with Gasteiger partial charge >= 0.3 is 5.97 Å². The van der Waals surface area contributed by atoms with Crippen LogP contribution in [0.2, 0.25) is 0 Å². The van der Waals surface area contributed by atoms with Gasteiger partial charge in [-0.1, -0.05) is 24.3 Å². The van der Waals surface area contributed by atoms with Crippen molar-refractivity contribution in [2.45, 2.75) is 13.0 Å². The first-order valence-electron chi connectivity index (χ1n) is 10.4. The predicted molar refractivity (Wildman–Crippen MR) is 122 cm³/mol. The fourth-order valence-electron chi connectivity index (χ4n) is 3.72. The lowest BCUT2D eigenvalue weighted by atomic mass is 10.0. The van der Waals surface area contributed by atoms with E-state index in [1.54, 1.807) is 42.5 Å². The van der Waals surface area contributed by atoms with Gasteiger partial charge in [0.05, 0.1) is 18.2 Å². The number of methoxy groups -OCH3 is 1. The molecule has 6 heteroatoms. The number of carbonyl (C=O) groups excluding carboxylic acids is 2. The Balaban J connectivity index is 1.37. The summed E-state index contributed by atoms with van der Waals surface area (Å²) in [6, 6.07) is 19.1. The molecule has 2 aliphatic heterocycles. The Hall–Kier alpha value is -4.32. The highest BCUT2D eigenvalue weighted by Gasteiger charge is 2.29. The fraction of sp³-hybridized carbons (Fsp3) is 0.111. The third kappa shape index (κ3) is 3.99. The number of ether oxygens (including phenoxy) is 4. The van der Waals surface area contributed by atoms with Gasteiger partial charge in [0, 0.05) is 11.6 Å². The lowest BCUT2D eigenvalue weighted by Gasteiger charge is -2.22. The van der Waals surface area contributed by atoms with Crippen molar-refractivity contribution in [2.24, 2.45) is 0 Å². The van der Waals surface area contributed by atoms with Crippen molar-refractivity contribution in [1.29, 1.82) is 0 Å². The molecule has 3 aromatic carbocycles. The number of benzene rings is 3. The number of fused-ring (bicyclic) bond motifs is 2. The summed E-state index contributed by atoms with van der Waals surface area (Å²) in [5, 5.41) is 0. The Morgan fingerprint density at radius 1 is 0.970 bits per heavy atom. The van der Waals surface area contributed by atoms with Gasteiger partial charge in [-0.25, -0.2) is 4.79 Å². The van der Waals surface area contributed by atoms with Crippen LogP contribution in [0.1, 0.15) is 33.2 Å². The van der Waals surface area contributed by atoms with Gasteiger partial charge in [-0.3, -0.25) is 4.79 Å². The van der Waals surface area contributed by atoms with E-state index in [9.17, 15) is 9.59 Å². The maximum atomic E-state index is 12.9. The molecule has 0 spiro atoms. The fourth-order valence-corrected chi connectivity index (χ4v) is 3.72. The molecule has 3 aromatic rings. The molecule has 0 N–H and O–H groups in total. The maximum absolute atomic E-state index is 12.9. The summed E-state index contributed by atoms with van der Waals surface area (Å²) in [6.07, 6.45) is 3.45. The lowest BCUT2D eigenvalue weighted by Crippen LogP contribution is -2.18. The molecule has 0 aromatic heterocycles. The summed E-state index contributed by atoms with van der Waals surface area (Å²) in [5.41, 5.74) is 2.53. The number of hydrogen-bond acceptors (Lipinski definition) is 6. The number of esters is 1. The molecule has 5 rings (SSSR count). The van der Waals surface area contributed by atoms with E-state index < -0.39 is 5.97 Å². The molecule has 0 amide bonds. The van der Waals surface area contributed by atoms with Gasteiger partial charge in [-0.2, -0.15) is 0 Å². The Bertz CT molecular complexity index is 1330. The Kier molecular flexibility index (Phi) is 5.18. The normalized spacial score (nSPS) is 17.4. The molecule has 0 aliphatic carbocycles. The number of hydrogen-bond donors (Lipinski definition) is 0. The molecule has 0 fully saturated rings. The van der Waals surface area contributed by atoms with Crippen molar-refractivity contribution in [3.05, 3.63) is 101 Å². The van der Waals surface area contributed by atoms with Crippen LogP contribution in [0.3, 0.4) is 0 Å². The van der Waals surface area contributed by atoms with Crippen molar-refractivity contribution in [3.63, 3.8) is 0 Å². The van der Waals surface area contributed by atoms with Crippen LogP contribution in [0, 0.1) is 0 Å². The largest absolute Gasteiger partial charge is 0.497 e. The average Bonchev–Trinajstić information content (AvgIpc) is 3.14. The van der Waals surface area contributed by atoms with Crippen molar-refractivity contribution < 1.29 is 28.5 Å². The van der Waals surface area contributed by atoms with E-state index in [-0.39, 0.29) is 23.4 Å². The number of para-hydroxylation sites is 1. The Labute approximate surface area is 190 Å². The van der Waals surface area contributed by atoms with E-state index in [0.29, 0.717) is 22.6 Å². The first-order chi connectivity index (χ1) is 16.0. The summed E-state index contributed by atoms with van der Waals surface area (Å²) < 4.78 is 22.4. The van der Waals surface area contributed by atoms with Gasteiger partial charge in [0.15, 0.2) is 5.76 Å². The molecule has 6 nitrogen and oxygen atoms in total. The SMILES string of the molecule is COc1cccc(C(=O)Oc2ccc3c(c2)OC(=CC2=Cc4ccccc4O[C@H]2C)C3=O)c1. The molecule has 1 atom stereocenters. The summed E-state index contributed by atoms with van der Waals surface area (Å²) in [4.78, 5) is 25.4. The van der Waals surface area contributed by atoms with E-state index in [1.807, 2.05) is 37.3 Å². The third-order valence-electron chi connectivity index (χ3n) is 5.47. The van der Waals surface area contributed by atoms with Gasteiger partial charge in [0.2, 0.25) is 5.78 Å². The molecule has 164 valence electrons. The zero-order chi connectivity index (χ0) is 22.9. The summed E-state index contributed by atoms with van der Waals surface area (Å²) in [5.74, 6) is 1.40. The smallest absolute Gasteiger partial charge is 0.343 e. The van der Waals surface area contributed by atoms with Crippen LogP contribution in [0.15, 0.2) is 84.1 Å². The lowest BCUT2D eigenvalue weighted by molar-refractivity contribution is 0.0734. The molecule has 2 aliphatic rings. The Morgan fingerprint density at radius 2 is 1.82 bits per heavy atom. The molecule has 0 radical (unpaired) electrons. The number of allylic oxidation sites excluding steroid dienone is 1. The minimum atomic E-state index is -0.536. The average molecular weight is 440 g/mol. The van der Waals surface area contributed by atoms with Crippen molar-refractivity contribution in [3.8, 4) is 23.0 Å². The molecule has 0 unspecified atom stereocenters. The van der Waals surface area contributed by atoms with Crippen molar-refractivity contribution in [2.75, 3.05) is 7.11 Å². The highest BCUT2D eigenvalue weighted by atomic mass is 16.5. The van der Waals surface area contributed by atoms with Gasteiger partial charge < -0.3 is 18.9 Å². The van der Waals surface area contributed by atoms with Crippen LogP contribution in [-0.4, -0.2) is 25.0 Å². The molecule has 0 saturated heterocycles. The van der Waals surface area contributed by atoms with E-state index in [0.717, 1.165) is 16.9 Å². The molecule has 0 saturated carbocycles. The van der Waals surface area contributed by atoms with Gasteiger partial charge in [-0.15, -0.1) is 0 Å². The number of ketones is 1. The first-order valence-corrected chi connectivity index (χ1v) is 10.4. The van der Waals surface area contributed by atoms with Crippen LogP contribution < -0.4 is 18.9 Å². The molecular weight excluding hydrogens is 420 g/mol. The van der Waals surface area contributed by atoms with Gasteiger partial charge in [0.1, 0.15) is 29.1 Å². The molecular formula is C27H20O6. The van der Waals surface area contributed by atoms with Crippen molar-refractivity contribution in [1.82, 2.24) is 0 Å². The second kappa shape index (κ2) is 8.31. The van der Waals surface area contributed by atoms with E-state index >= 15 is 0 Å². The molecule has 2 heterocycles. The van der Waals surface area contributed by atoms with Crippen LogP contribution in [-0.2, 0) is 0 Å². The monoisotopic (exact) mass is 440 g/mol. The van der Waals surface area contributed by atoms with Crippen molar-refractivity contribution >= 4 is 17.8 Å². The third-order valence-corrected chi connectivity index (χ3v) is 5.47. The Morgan fingerprint density at radius 3 is 2.67 bits per heavy atom. The zero-order valence-electron chi connectivity index (χ0n) is 18.0. The topological polar surface area (TPSA) is 71.1 Å². The quantitative estimate of drug-likeness (QED) is 0.314. The predicted octanol–water partition coefficient (Wildman–Crippen LogP) is 5.24. The summed E-state index contributed by atoms with van der Waals surface area (Å²) in [6.45, 7) is 1.92. The van der Waals surface area contributed by atoms with Crippen LogP contribution >= 0.6 is 0 Å². The first kappa shape index (κ1) is 20.6. The number of rotatable bonds is 4. The minimum Gasteiger partial charge on any atom is -0.497 e. The van der Waals surface area contributed by atoms with E-state index in [1.165, 1.54) is 13.2 Å². The van der Waals surface area contributed by atoms with Gasteiger partial charge in [0.25, 0.3) is 0 Å². The van der Waals surface area contributed by atoms with Gasteiger partial charge in [-0.05, 0) is 61.0 Å². The zero-order valence-corrected chi connectivity index (χ0v) is 18.0. The number of Topliss-reactive ketones (excluding diaryl/α,β-unsaturated/α-hetero) is 1. The van der Waals surface area contributed by atoms with Crippen LogP contribution in [0.25, 0.3) is 6.08 Å². The molecule has 0 bridgehead atoms. The standard InChI is InChI=1S/C27H20O6/c1-16-19(12-17-6-3-4-9-23(17)31-16)14-25-26(28)22-11-10-21(15-24(22)33-25)32-27(29)18-7-5-8-20(13-18)30-2/h3-16H,1-2H3/t16-/m0/s1. The van der Waals surface area contributed by atoms with E-state index in [4.69, 9.17) is 18.9 Å². The van der Waals surface area contributed by atoms with E-state index in [2.05, 4.69) is 0 Å². The summed E-state index contributed by atoms with van der Waals surface area (Å²) in [7, 11) is 1.53.